The summed E-state index contributed by atoms with van der Waals surface area (Å²) in [6.07, 6.45) is 3.58. The van der Waals surface area contributed by atoms with Crippen LogP contribution in [0, 0.1) is 0 Å². The average molecular weight is 268 g/mol. The number of nitrogens with one attached hydrogen (secondary N) is 1. The highest BCUT2D eigenvalue weighted by atomic mass is 16.1. The van der Waals surface area contributed by atoms with E-state index in [0.717, 1.165) is 24.1 Å². The zero-order valence-corrected chi connectivity index (χ0v) is 11.8. The second-order valence-corrected chi connectivity index (χ2v) is 4.79. The van der Waals surface area contributed by atoms with Gasteiger partial charge in [-0.05, 0) is 24.1 Å². The summed E-state index contributed by atoms with van der Waals surface area (Å²) in [6, 6.07) is 15.7. The standard InChI is InChI=1S/C17H20N2O/c1-2-8-16(14-9-4-3-5-10-14)17(20)19-13-15-11-6-7-12-18-15/h3-7,9-12,16H,2,8,13H2,1H3,(H,19,20)/t16-/m1/s1. The molecule has 2 rings (SSSR count). The Bertz CT molecular complexity index is 525. The van der Waals surface area contributed by atoms with Crippen molar-refractivity contribution in [3.05, 3.63) is 66.0 Å². The smallest absolute Gasteiger partial charge is 0.227 e. The van der Waals surface area contributed by atoms with Gasteiger partial charge in [-0.3, -0.25) is 9.78 Å². The Hall–Kier alpha value is -2.16. The van der Waals surface area contributed by atoms with Crippen molar-refractivity contribution in [3.63, 3.8) is 0 Å². The summed E-state index contributed by atoms with van der Waals surface area (Å²) in [5.41, 5.74) is 1.96. The van der Waals surface area contributed by atoms with E-state index in [4.69, 9.17) is 0 Å². The summed E-state index contributed by atoms with van der Waals surface area (Å²) in [5.74, 6) is -0.00591. The predicted molar refractivity (Wildman–Crippen MR) is 80.2 cm³/mol. The van der Waals surface area contributed by atoms with Crippen LogP contribution < -0.4 is 5.32 Å². The van der Waals surface area contributed by atoms with Gasteiger partial charge >= 0.3 is 0 Å². The third kappa shape index (κ3) is 3.92. The van der Waals surface area contributed by atoms with Crippen LogP contribution in [0.15, 0.2) is 54.7 Å². The molecule has 0 spiro atoms. The maximum atomic E-state index is 12.4. The minimum Gasteiger partial charge on any atom is -0.350 e. The van der Waals surface area contributed by atoms with E-state index in [1.54, 1.807) is 6.20 Å². The Balaban J connectivity index is 2.01. The number of amides is 1. The molecule has 3 heteroatoms. The molecular formula is C17H20N2O. The first-order chi connectivity index (χ1) is 9.81. The minimum absolute atomic E-state index is 0.0729. The number of benzene rings is 1. The SMILES string of the molecule is CCC[C@@H](C(=O)NCc1ccccn1)c1ccccc1. The molecule has 1 aromatic heterocycles. The molecule has 0 saturated carbocycles. The van der Waals surface area contributed by atoms with Crippen LogP contribution >= 0.6 is 0 Å². The number of carbonyl (C=O) groups is 1. The number of rotatable bonds is 6. The van der Waals surface area contributed by atoms with E-state index in [1.165, 1.54) is 0 Å². The normalized spacial score (nSPS) is 11.8. The number of hydrogen-bond donors (Lipinski definition) is 1. The van der Waals surface area contributed by atoms with Crippen LogP contribution in [-0.4, -0.2) is 10.9 Å². The molecule has 0 fully saturated rings. The van der Waals surface area contributed by atoms with Crippen molar-refractivity contribution in [2.24, 2.45) is 0 Å². The predicted octanol–water partition coefficient (Wildman–Crippen LogP) is 3.28. The van der Waals surface area contributed by atoms with Gasteiger partial charge in [-0.1, -0.05) is 49.7 Å². The second-order valence-electron chi connectivity index (χ2n) is 4.79. The van der Waals surface area contributed by atoms with E-state index in [9.17, 15) is 4.79 Å². The van der Waals surface area contributed by atoms with E-state index < -0.39 is 0 Å². The monoisotopic (exact) mass is 268 g/mol. The Morgan fingerprint density at radius 3 is 2.55 bits per heavy atom. The lowest BCUT2D eigenvalue weighted by atomic mass is 9.93. The van der Waals surface area contributed by atoms with Gasteiger partial charge in [0.2, 0.25) is 5.91 Å². The molecule has 0 unspecified atom stereocenters. The highest BCUT2D eigenvalue weighted by Gasteiger charge is 2.19. The first-order valence-corrected chi connectivity index (χ1v) is 7.04. The van der Waals surface area contributed by atoms with Crippen molar-refractivity contribution in [2.45, 2.75) is 32.2 Å². The van der Waals surface area contributed by atoms with E-state index in [1.807, 2.05) is 48.5 Å². The molecule has 1 heterocycles. The third-order valence-electron chi connectivity index (χ3n) is 3.27. The Morgan fingerprint density at radius 2 is 1.90 bits per heavy atom. The number of nitrogens with zero attached hydrogens (tertiary/aromatic N) is 1. The van der Waals surface area contributed by atoms with Gasteiger partial charge in [-0.2, -0.15) is 0 Å². The van der Waals surface area contributed by atoms with Crippen LogP contribution in [0.1, 0.15) is 36.9 Å². The molecule has 1 amide bonds. The van der Waals surface area contributed by atoms with E-state index in [0.29, 0.717) is 6.54 Å². The summed E-state index contributed by atoms with van der Waals surface area (Å²) in [6.45, 7) is 2.58. The highest BCUT2D eigenvalue weighted by Crippen LogP contribution is 2.21. The van der Waals surface area contributed by atoms with Gasteiger partial charge in [0.15, 0.2) is 0 Å². The molecule has 1 aromatic carbocycles. The maximum Gasteiger partial charge on any atom is 0.227 e. The van der Waals surface area contributed by atoms with Crippen molar-refractivity contribution in [3.8, 4) is 0 Å². The Morgan fingerprint density at radius 1 is 1.15 bits per heavy atom. The van der Waals surface area contributed by atoms with Crippen LogP contribution in [0.2, 0.25) is 0 Å². The van der Waals surface area contributed by atoms with Crippen molar-refractivity contribution < 1.29 is 4.79 Å². The quantitative estimate of drug-likeness (QED) is 0.873. The van der Waals surface area contributed by atoms with Crippen LogP contribution in [0.25, 0.3) is 0 Å². The van der Waals surface area contributed by atoms with Crippen molar-refractivity contribution in [1.82, 2.24) is 10.3 Å². The molecule has 20 heavy (non-hydrogen) atoms. The van der Waals surface area contributed by atoms with Crippen molar-refractivity contribution in [2.75, 3.05) is 0 Å². The summed E-state index contributed by atoms with van der Waals surface area (Å²) in [4.78, 5) is 16.6. The van der Waals surface area contributed by atoms with Crippen molar-refractivity contribution >= 4 is 5.91 Å². The van der Waals surface area contributed by atoms with Gasteiger partial charge in [-0.15, -0.1) is 0 Å². The molecule has 0 saturated heterocycles. The van der Waals surface area contributed by atoms with Crippen LogP contribution in [-0.2, 0) is 11.3 Å². The third-order valence-corrected chi connectivity index (χ3v) is 3.27. The lowest BCUT2D eigenvalue weighted by molar-refractivity contribution is -0.122. The molecule has 1 atom stereocenters. The van der Waals surface area contributed by atoms with Gasteiger partial charge in [-0.25, -0.2) is 0 Å². The number of aromatic nitrogens is 1. The lowest BCUT2D eigenvalue weighted by Crippen LogP contribution is -2.29. The maximum absolute atomic E-state index is 12.4. The molecule has 2 aromatic rings. The molecule has 0 aliphatic rings. The average Bonchev–Trinajstić information content (AvgIpc) is 2.52. The summed E-state index contributed by atoms with van der Waals surface area (Å²) >= 11 is 0. The van der Waals surface area contributed by atoms with Crippen LogP contribution in [0.4, 0.5) is 0 Å². The summed E-state index contributed by atoms with van der Waals surface area (Å²) < 4.78 is 0. The molecule has 0 aliphatic heterocycles. The molecule has 0 aliphatic carbocycles. The fourth-order valence-electron chi connectivity index (χ4n) is 2.23. The molecule has 3 nitrogen and oxygen atoms in total. The lowest BCUT2D eigenvalue weighted by Gasteiger charge is -2.16. The second kappa shape index (κ2) is 7.43. The van der Waals surface area contributed by atoms with Gasteiger partial charge in [0.1, 0.15) is 0 Å². The zero-order chi connectivity index (χ0) is 14.2. The molecule has 0 bridgehead atoms. The number of carbonyl (C=O) groups excluding carboxylic acids is 1. The fraction of sp³-hybridized carbons (Fsp3) is 0.294. The fourth-order valence-corrected chi connectivity index (χ4v) is 2.23. The van der Waals surface area contributed by atoms with Crippen LogP contribution in [0.5, 0.6) is 0 Å². The first kappa shape index (κ1) is 14.3. The Kier molecular flexibility index (Phi) is 5.30. The molecule has 104 valence electrons. The van der Waals surface area contributed by atoms with E-state index in [2.05, 4.69) is 17.2 Å². The number of pyridine rings is 1. The Labute approximate surface area is 120 Å². The summed E-state index contributed by atoms with van der Waals surface area (Å²) in [5, 5.41) is 2.98. The molecular weight excluding hydrogens is 248 g/mol. The first-order valence-electron chi connectivity index (χ1n) is 7.04. The highest BCUT2D eigenvalue weighted by molar-refractivity contribution is 5.83. The summed E-state index contributed by atoms with van der Waals surface area (Å²) in [7, 11) is 0. The van der Waals surface area contributed by atoms with Crippen molar-refractivity contribution in [1.29, 1.82) is 0 Å². The van der Waals surface area contributed by atoms with Gasteiger partial charge in [0.25, 0.3) is 0 Å². The van der Waals surface area contributed by atoms with E-state index in [-0.39, 0.29) is 11.8 Å². The largest absolute Gasteiger partial charge is 0.350 e. The minimum atomic E-state index is -0.0788. The zero-order valence-electron chi connectivity index (χ0n) is 11.8. The topological polar surface area (TPSA) is 42.0 Å². The van der Waals surface area contributed by atoms with Gasteiger partial charge in [0.05, 0.1) is 18.2 Å². The van der Waals surface area contributed by atoms with Gasteiger partial charge < -0.3 is 5.32 Å². The van der Waals surface area contributed by atoms with E-state index >= 15 is 0 Å². The number of hydrogen-bond acceptors (Lipinski definition) is 2. The molecule has 0 radical (unpaired) electrons. The van der Waals surface area contributed by atoms with Crippen LogP contribution in [0.3, 0.4) is 0 Å². The van der Waals surface area contributed by atoms with Gasteiger partial charge in [0, 0.05) is 6.20 Å². The molecule has 1 N–H and O–H groups in total.